The maximum absolute atomic E-state index is 12.9. The van der Waals surface area contributed by atoms with Crippen LogP contribution >= 0.6 is 0 Å². The van der Waals surface area contributed by atoms with Crippen molar-refractivity contribution < 1.29 is 42.9 Å². The first-order valence-electron chi connectivity index (χ1n) is 28.6. The highest BCUT2D eigenvalue weighted by Crippen LogP contribution is 2.16. The highest BCUT2D eigenvalue weighted by Gasteiger charge is 2.22. The van der Waals surface area contributed by atoms with Crippen molar-refractivity contribution in [3.8, 4) is 0 Å². The summed E-state index contributed by atoms with van der Waals surface area (Å²) < 4.78 is 22.7. The van der Waals surface area contributed by atoms with E-state index in [4.69, 9.17) is 18.9 Å². The van der Waals surface area contributed by atoms with Gasteiger partial charge in [-0.05, 0) is 83.5 Å². The molecule has 0 heterocycles. The van der Waals surface area contributed by atoms with Crippen molar-refractivity contribution in [2.75, 3.05) is 47.5 Å². The number of allylic oxidation sites excluding steroid dienone is 12. The number of hydrogen-bond acceptors (Lipinski definition) is 8. The molecular formula is C61H107NO8. The Balaban J connectivity index is 4.22. The molecule has 0 bridgehead atoms. The van der Waals surface area contributed by atoms with Crippen molar-refractivity contribution in [1.29, 1.82) is 0 Å². The number of nitrogens with zero attached hydrogens (tertiary/aromatic N) is 1. The third kappa shape index (κ3) is 52.6. The van der Waals surface area contributed by atoms with E-state index in [1.165, 1.54) is 116 Å². The molecule has 0 aliphatic carbocycles. The molecule has 0 aliphatic heterocycles. The third-order valence-electron chi connectivity index (χ3n) is 12.2. The molecule has 0 fully saturated rings. The lowest BCUT2D eigenvalue weighted by atomic mass is 10.0. The van der Waals surface area contributed by atoms with Crippen LogP contribution in [0.2, 0.25) is 0 Å². The lowest BCUT2D eigenvalue weighted by Gasteiger charge is -2.26. The minimum atomic E-state index is -1.62. The fraction of sp³-hybridized carbons (Fsp3) is 0.754. The molecule has 0 rings (SSSR count). The number of carbonyl (C=O) groups excluding carboxylic acids is 3. The van der Waals surface area contributed by atoms with Crippen molar-refractivity contribution in [2.45, 2.75) is 251 Å². The van der Waals surface area contributed by atoms with Gasteiger partial charge in [-0.15, -0.1) is 0 Å². The fourth-order valence-corrected chi connectivity index (χ4v) is 7.79. The van der Waals surface area contributed by atoms with Gasteiger partial charge in [-0.3, -0.25) is 9.59 Å². The second kappa shape index (κ2) is 52.1. The van der Waals surface area contributed by atoms with Crippen molar-refractivity contribution >= 4 is 17.9 Å². The highest BCUT2D eigenvalue weighted by molar-refractivity contribution is 5.70. The van der Waals surface area contributed by atoms with E-state index in [0.29, 0.717) is 17.4 Å². The monoisotopic (exact) mass is 982 g/mol. The summed E-state index contributed by atoms with van der Waals surface area (Å²) >= 11 is 0. The Labute approximate surface area is 430 Å². The minimum absolute atomic E-state index is 0.144. The Morgan fingerprint density at radius 2 is 0.814 bits per heavy atom. The smallest absolute Gasteiger partial charge is 0.306 e. The van der Waals surface area contributed by atoms with Crippen LogP contribution in [0.3, 0.4) is 0 Å². The Morgan fingerprint density at radius 1 is 0.443 bits per heavy atom. The van der Waals surface area contributed by atoms with E-state index in [1.807, 2.05) is 21.1 Å². The second-order valence-corrected chi connectivity index (χ2v) is 20.2. The summed E-state index contributed by atoms with van der Waals surface area (Å²) in [5.41, 5.74) is 0. The summed E-state index contributed by atoms with van der Waals surface area (Å²) in [5.74, 6) is -2.29. The van der Waals surface area contributed by atoms with Gasteiger partial charge in [-0.1, -0.05) is 215 Å². The van der Waals surface area contributed by atoms with Crippen molar-refractivity contribution in [1.82, 2.24) is 0 Å². The van der Waals surface area contributed by atoms with Crippen LogP contribution in [-0.2, 0) is 33.3 Å². The molecule has 0 saturated heterocycles. The molecule has 2 atom stereocenters. The van der Waals surface area contributed by atoms with Gasteiger partial charge in [0.2, 0.25) is 0 Å². The van der Waals surface area contributed by atoms with Crippen molar-refractivity contribution in [3.63, 3.8) is 0 Å². The number of unbranched alkanes of at least 4 members (excludes halogenated alkanes) is 25. The minimum Gasteiger partial charge on any atom is -0.545 e. The summed E-state index contributed by atoms with van der Waals surface area (Å²) in [6, 6.07) is 0. The van der Waals surface area contributed by atoms with E-state index in [2.05, 4.69) is 86.8 Å². The first-order valence-corrected chi connectivity index (χ1v) is 28.6. The summed E-state index contributed by atoms with van der Waals surface area (Å²) in [5, 5.41) is 11.8. The van der Waals surface area contributed by atoms with Crippen LogP contribution in [0.4, 0.5) is 0 Å². The number of carboxylic acids is 1. The topological polar surface area (TPSA) is 111 Å². The highest BCUT2D eigenvalue weighted by atomic mass is 16.7. The number of aliphatic carboxylic acids is 1. The Morgan fingerprint density at radius 3 is 1.23 bits per heavy atom. The van der Waals surface area contributed by atoms with E-state index in [9.17, 15) is 19.5 Å². The Bertz CT molecular complexity index is 1380. The van der Waals surface area contributed by atoms with Gasteiger partial charge < -0.3 is 33.3 Å². The molecule has 0 aromatic carbocycles. The van der Waals surface area contributed by atoms with Crippen LogP contribution in [-0.4, -0.2) is 82.3 Å². The molecule has 0 saturated carbocycles. The molecule has 0 amide bonds. The average Bonchev–Trinajstić information content (AvgIpc) is 3.33. The van der Waals surface area contributed by atoms with Crippen LogP contribution in [0.5, 0.6) is 0 Å². The first-order chi connectivity index (χ1) is 34.1. The fourth-order valence-electron chi connectivity index (χ4n) is 7.79. The molecular weight excluding hydrogens is 875 g/mol. The maximum atomic E-state index is 12.9. The first kappa shape index (κ1) is 66.7. The van der Waals surface area contributed by atoms with Crippen LogP contribution in [0, 0.1) is 0 Å². The van der Waals surface area contributed by atoms with E-state index in [-0.39, 0.29) is 38.6 Å². The molecule has 404 valence electrons. The summed E-state index contributed by atoms with van der Waals surface area (Å²) in [4.78, 5) is 37.2. The normalized spacial score (nSPS) is 13.3. The van der Waals surface area contributed by atoms with Gasteiger partial charge in [-0.25, -0.2) is 0 Å². The van der Waals surface area contributed by atoms with Crippen LogP contribution in [0.25, 0.3) is 0 Å². The summed E-state index contributed by atoms with van der Waals surface area (Å²) in [6.45, 7) is 4.63. The third-order valence-corrected chi connectivity index (χ3v) is 12.2. The molecule has 70 heavy (non-hydrogen) atoms. The Kier molecular flexibility index (Phi) is 49.6. The summed E-state index contributed by atoms with van der Waals surface area (Å²) in [6.07, 6.45) is 63.7. The van der Waals surface area contributed by atoms with Gasteiger partial charge in [-0.2, -0.15) is 0 Å². The molecule has 0 spiro atoms. The number of hydrogen-bond donors (Lipinski definition) is 0. The number of carboxylic acid groups (broad SMARTS) is 1. The van der Waals surface area contributed by atoms with E-state index >= 15 is 0 Å². The molecule has 9 nitrogen and oxygen atoms in total. The van der Waals surface area contributed by atoms with Gasteiger partial charge in [0.1, 0.15) is 13.2 Å². The van der Waals surface area contributed by atoms with Gasteiger partial charge >= 0.3 is 11.9 Å². The average molecular weight is 983 g/mol. The summed E-state index contributed by atoms with van der Waals surface area (Å²) in [7, 11) is 5.92. The van der Waals surface area contributed by atoms with Crippen LogP contribution < -0.4 is 5.11 Å². The largest absolute Gasteiger partial charge is 0.545 e. The van der Waals surface area contributed by atoms with Gasteiger partial charge in [0, 0.05) is 12.8 Å². The number of rotatable bonds is 52. The number of ether oxygens (including phenoxy) is 4. The van der Waals surface area contributed by atoms with Crippen molar-refractivity contribution in [2.24, 2.45) is 0 Å². The number of esters is 2. The van der Waals surface area contributed by atoms with Crippen LogP contribution in [0.15, 0.2) is 72.9 Å². The SMILES string of the molecule is CC/C=C\C/C=C\C/C=C\C/C=C\C/C=C\CCCCCCCCCCCCCCCC(=O)OC(COC(=O)CCCCCCC/C=C\CCCCCCCCC)COC(OCC[N+](C)(C)C)C(=O)[O-]. The van der Waals surface area contributed by atoms with Crippen molar-refractivity contribution in [3.05, 3.63) is 72.9 Å². The van der Waals surface area contributed by atoms with Gasteiger partial charge in [0.25, 0.3) is 0 Å². The lowest BCUT2D eigenvalue weighted by molar-refractivity contribution is -0.870. The van der Waals surface area contributed by atoms with E-state index < -0.39 is 24.3 Å². The standard InChI is InChI=1S/C61H107NO8/c1-6-8-10-12-14-16-18-20-22-24-25-26-27-28-29-30-31-32-33-34-35-36-38-40-42-44-46-48-50-52-59(64)70-57(56-69-61(60(65)66)67-54-53-62(3,4)5)55-68-58(63)51-49-47-45-43-41-39-37-23-21-19-17-15-13-11-9-7-2/h8,10,14,16,20,22-23,25-26,28-29,37,57,61H,6-7,9,11-13,15,17-19,21,24,27,30-36,38-56H2,1-5H3/b10-8-,16-14-,22-20-,26-25-,29-28-,37-23-. The molecule has 0 aromatic heterocycles. The maximum Gasteiger partial charge on any atom is 0.306 e. The number of carbonyl (C=O) groups is 3. The Hall–Kier alpha value is -3.27. The molecule has 2 unspecified atom stereocenters. The molecule has 0 aliphatic rings. The zero-order valence-electron chi connectivity index (χ0n) is 45.9. The zero-order chi connectivity index (χ0) is 51.3. The quantitative estimate of drug-likeness (QED) is 0.0195. The van der Waals surface area contributed by atoms with E-state index in [0.717, 1.165) is 89.9 Å². The predicted octanol–water partition coefficient (Wildman–Crippen LogP) is 15.3. The number of quaternary nitrogens is 1. The lowest BCUT2D eigenvalue weighted by Crippen LogP contribution is -2.44. The molecule has 0 aromatic rings. The number of likely N-dealkylation sites (N-methyl/N-ethyl adjacent to an activating group) is 1. The molecule has 0 N–H and O–H groups in total. The zero-order valence-corrected chi connectivity index (χ0v) is 45.9. The predicted molar refractivity (Wildman–Crippen MR) is 292 cm³/mol. The second-order valence-electron chi connectivity index (χ2n) is 20.2. The van der Waals surface area contributed by atoms with Gasteiger partial charge in [0.15, 0.2) is 12.4 Å². The molecule has 9 heteroatoms. The van der Waals surface area contributed by atoms with Gasteiger partial charge in [0.05, 0.1) is 40.3 Å². The van der Waals surface area contributed by atoms with E-state index in [1.54, 1.807) is 0 Å². The van der Waals surface area contributed by atoms with Crippen LogP contribution in [0.1, 0.15) is 239 Å². The molecule has 0 radical (unpaired) electrons.